The molecule has 13 heteroatoms. The van der Waals surface area contributed by atoms with Crippen molar-refractivity contribution in [1.82, 2.24) is 10.3 Å². The molecular weight excluding hydrogens is 536 g/mol. The molecule has 1 heterocycles. The van der Waals surface area contributed by atoms with E-state index in [1.54, 1.807) is 0 Å². The molecule has 0 aliphatic carbocycles. The number of nitrogens with one attached hydrogen (secondary N) is 1. The summed E-state index contributed by atoms with van der Waals surface area (Å²) in [5.41, 5.74) is -4.52. The Kier molecular flexibility index (Phi) is 9.02. The second-order valence-electron chi connectivity index (χ2n) is 7.85. The first-order chi connectivity index (χ1) is 17.9. The Morgan fingerprint density at radius 2 is 1.71 bits per heavy atom. The average molecular weight is 559 g/mol. The molecule has 3 rings (SSSR count). The van der Waals surface area contributed by atoms with Gasteiger partial charge in [0.05, 0.1) is 38.1 Å². The highest BCUT2D eigenvalue weighted by Gasteiger charge is 2.56. The number of carbonyl (C=O) groups is 1. The number of nitrogens with zero attached hydrogens (tertiary/aromatic N) is 1. The van der Waals surface area contributed by atoms with Crippen LogP contribution in [-0.4, -0.2) is 61.3 Å². The van der Waals surface area contributed by atoms with Gasteiger partial charge in [0, 0.05) is 11.1 Å². The maximum Gasteiger partial charge on any atom is 0.424 e. The Bertz CT molecular complexity index is 1310. The molecule has 0 bridgehead atoms. The largest absolute Gasteiger partial charge is 0.494 e. The number of pyridine rings is 1. The number of aliphatic hydroxyl groups is 2. The first-order valence-corrected chi connectivity index (χ1v) is 11.3. The molecule has 1 unspecified atom stereocenters. The fraction of sp³-hybridized carbons (Fsp3) is 0.280. The van der Waals surface area contributed by atoms with Crippen LogP contribution in [0.1, 0.15) is 16.1 Å². The second kappa shape index (κ2) is 11.8. The van der Waals surface area contributed by atoms with Crippen molar-refractivity contribution in [1.29, 1.82) is 0 Å². The molecule has 0 fully saturated rings. The van der Waals surface area contributed by atoms with Crippen LogP contribution < -0.4 is 19.5 Å². The number of ether oxygens (including phenoxy) is 3. The number of aromatic nitrogens is 1. The van der Waals surface area contributed by atoms with Gasteiger partial charge < -0.3 is 29.7 Å². The summed E-state index contributed by atoms with van der Waals surface area (Å²) < 4.78 is 71.7. The third-order valence-corrected chi connectivity index (χ3v) is 5.73. The number of aliphatic hydroxyl groups excluding tert-OH is 1. The zero-order chi connectivity index (χ0) is 28.1. The molecule has 3 N–H and O–H groups in total. The lowest BCUT2D eigenvalue weighted by Crippen LogP contribution is -2.51. The smallest absolute Gasteiger partial charge is 0.424 e. The maximum atomic E-state index is 14.2. The van der Waals surface area contributed by atoms with E-state index in [0.717, 1.165) is 24.3 Å². The molecule has 0 aliphatic rings. The van der Waals surface area contributed by atoms with Crippen LogP contribution >= 0.6 is 11.6 Å². The Balaban J connectivity index is 1.94. The number of carbonyl (C=O) groups excluding carboxylic acids is 1. The Hall–Kier alpha value is -3.61. The second-order valence-corrected chi connectivity index (χ2v) is 8.26. The van der Waals surface area contributed by atoms with Crippen LogP contribution in [0, 0.1) is 5.82 Å². The van der Waals surface area contributed by atoms with Gasteiger partial charge in [0.25, 0.3) is 5.91 Å². The Morgan fingerprint density at radius 1 is 1.03 bits per heavy atom. The number of rotatable bonds is 10. The molecule has 0 radical (unpaired) electrons. The molecular formula is C25H23ClF4N2O6. The van der Waals surface area contributed by atoms with E-state index in [1.165, 1.54) is 38.5 Å². The van der Waals surface area contributed by atoms with Gasteiger partial charge >= 0.3 is 6.18 Å². The number of amides is 1. The van der Waals surface area contributed by atoms with E-state index < -0.39 is 35.7 Å². The van der Waals surface area contributed by atoms with E-state index in [0.29, 0.717) is 0 Å². The van der Waals surface area contributed by atoms with Crippen LogP contribution in [0.15, 0.2) is 48.5 Å². The van der Waals surface area contributed by atoms with Crippen molar-refractivity contribution >= 4 is 17.5 Å². The van der Waals surface area contributed by atoms with Crippen LogP contribution in [0.5, 0.6) is 17.2 Å². The lowest BCUT2D eigenvalue weighted by atomic mass is 9.96. The molecule has 0 spiro atoms. The molecule has 8 nitrogen and oxygen atoms in total. The number of alkyl halides is 3. The van der Waals surface area contributed by atoms with Gasteiger partial charge in [-0.3, -0.25) is 4.79 Å². The lowest BCUT2D eigenvalue weighted by Gasteiger charge is -2.30. The van der Waals surface area contributed by atoms with E-state index >= 15 is 0 Å². The molecule has 38 heavy (non-hydrogen) atoms. The highest BCUT2D eigenvalue weighted by Crippen LogP contribution is 2.40. The minimum Gasteiger partial charge on any atom is -0.494 e. The van der Waals surface area contributed by atoms with Gasteiger partial charge in [-0.05, 0) is 48.5 Å². The molecule has 1 amide bonds. The number of halogens is 5. The summed E-state index contributed by atoms with van der Waals surface area (Å²) >= 11 is 5.81. The van der Waals surface area contributed by atoms with Crippen LogP contribution in [0.3, 0.4) is 0 Å². The summed E-state index contributed by atoms with van der Waals surface area (Å²) in [5.74, 6) is -1.33. The van der Waals surface area contributed by atoms with E-state index in [4.69, 9.17) is 30.9 Å². The molecule has 2 aromatic carbocycles. The van der Waals surface area contributed by atoms with Crippen LogP contribution in [-0.2, 0) is 5.60 Å². The summed E-state index contributed by atoms with van der Waals surface area (Å²) in [6.45, 7) is -1.60. The van der Waals surface area contributed by atoms with E-state index in [2.05, 4.69) is 10.3 Å². The summed E-state index contributed by atoms with van der Waals surface area (Å²) in [4.78, 5) is 16.6. The third-order valence-electron chi connectivity index (χ3n) is 5.44. The molecule has 3 aromatic rings. The first-order valence-electron chi connectivity index (χ1n) is 10.9. The fourth-order valence-corrected chi connectivity index (χ4v) is 3.60. The average Bonchev–Trinajstić information content (AvgIpc) is 2.90. The third kappa shape index (κ3) is 6.09. The van der Waals surface area contributed by atoms with Gasteiger partial charge in [-0.25, -0.2) is 9.37 Å². The van der Waals surface area contributed by atoms with Crippen molar-refractivity contribution in [2.45, 2.75) is 11.8 Å². The van der Waals surface area contributed by atoms with E-state index in [1.807, 2.05) is 0 Å². The SMILES string of the molecule is COc1cc(C(=O)NCC(O)(c2ccc(OC)c(-c3ccc(F)c(Cl)c3)n2)C(F)(F)F)ccc1OCCO. The van der Waals surface area contributed by atoms with Crippen LogP contribution in [0.4, 0.5) is 17.6 Å². The van der Waals surface area contributed by atoms with Crippen LogP contribution in [0.25, 0.3) is 11.3 Å². The normalized spacial score (nSPS) is 13.0. The standard InChI is InChI=1S/C25H23ClF4N2O6/c1-36-19-7-8-21(32-22(19)14-3-5-17(27)16(26)11-14)24(35,25(28,29)30)13-31-23(34)15-4-6-18(38-10-9-33)20(12-15)37-2/h3-8,11-12,33,35H,9-10,13H2,1-2H3,(H,31,34). The van der Waals surface area contributed by atoms with Crippen LogP contribution in [0.2, 0.25) is 5.02 Å². The quantitative estimate of drug-likeness (QED) is 0.321. The van der Waals surface area contributed by atoms with Crippen molar-refractivity contribution in [2.75, 3.05) is 34.0 Å². The Labute approximate surface area is 219 Å². The fourth-order valence-electron chi connectivity index (χ4n) is 3.42. The predicted octanol–water partition coefficient (Wildman–Crippen LogP) is 4.11. The van der Waals surface area contributed by atoms with Gasteiger partial charge in [-0.2, -0.15) is 13.2 Å². The molecule has 0 saturated heterocycles. The minimum atomic E-state index is -5.26. The molecule has 0 saturated carbocycles. The van der Waals surface area contributed by atoms with Gasteiger partial charge in [-0.1, -0.05) is 11.6 Å². The van der Waals surface area contributed by atoms with Crippen molar-refractivity contribution in [3.63, 3.8) is 0 Å². The van der Waals surface area contributed by atoms with Gasteiger partial charge in [0.1, 0.15) is 23.9 Å². The molecule has 0 aliphatic heterocycles. The lowest BCUT2D eigenvalue weighted by molar-refractivity contribution is -0.265. The zero-order valence-electron chi connectivity index (χ0n) is 20.1. The number of hydrogen-bond acceptors (Lipinski definition) is 7. The molecule has 204 valence electrons. The number of methoxy groups -OCH3 is 2. The highest BCUT2D eigenvalue weighted by atomic mass is 35.5. The van der Waals surface area contributed by atoms with Crippen molar-refractivity contribution in [3.05, 3.63) is 70.6 Å². The summed E-state index contributed by atoms with van der Waals surface area (Å²) in [6, 6.07) is 9.33. The number of benzene rings is 2. The minimum absolute atomic E-state index is 0.0402. The zero-order valence-corrected chi connectivity index (χ0v) is 20.9. The van der Waals surface area contributed by atoms with Gasteiger partial charge in [-0.15, -0.1) is 0 Å². The van der Waals surface area contributed by atoms with Crippen molar-refractivity contribution in [2.24, 2.45) is 0 Å². The van der Waals surface area contributed by atoms with Crippen molar-refractivity contribution < 1.29 is 46.8 Å². The summed E-state index contributed by atoms with van der Waals surface area (Å²) in [6.07, 6.45) is -5.26. The predicted molar refractivity (Wildman–Crippen MR) is 129 cm³/mol. The Morgan fingerprint density at radius 3 is 2.32 bits per heavy atom. The first kappa shape index (κ1) is 29.0. The van der Waals surface area contributed by atoms with Gasteiger partial charge in [0.2, 0.25) is 5.60 Å². The van der Waals surface area contributed by atoms with Gasteiger partial charge in [0.15, 0.2) is 11.5 Å². The van der Waals surface area contributed by atoms with Crippen molar-refractivity contribution in [3.8, 4) is 28.5 Å². The van der Waals surface area contributed by atoms with E-state index in [9.17, 15) is 27.5 Å². The summed E-state index contributed by atoms with van der Waals surface area (Å²) in [7, 11) is 2.56. The topological polar surface area (TPSA) is 110 Å². The number of hydrogen-bond donors (Lipinski definition) is 3. The molecule has 1 aromatic heterocycles. The summed E-state index contributed by atoms with van der Waals surface area (Å²) in [5, 5.41) is 21.5. The highest BCUT2D eigenvalue weighted by molar-refractivity contribution is 6.31. The molecule has 1 atom stereocenters. The monoisotopic (exact) mass is 558 g/mol. The van der Waals surface area contributed by atoms with E-state index in [-0.39, 0.29) is 52.3 Å². The maximum absolute atomic E-state index is 14.2.